The quantitative estimate of drug-likeness (QED) is 0.348. The van der Waals surface area contributed by atoms with E-state index in [1.165, 1.54) is 60.7 Å². The maximum Gasteiger partial charge on any atom is 0.257 e. The number of hydrogen-bond donors (Lipinski definition) is 2. The first kappa shape index (κ1) is 23.8. The largest absolute Gasteiger partial charge is 0.326 e. The first-order valence-electron chi connectivity index (χ1n) is 9.58. The van der Waals surface area contributed by atoms with Crippen molar-refractivity contribution < 1.29 is 18.4 Å². The lowest BCUT2D eigenvalue weighted by Gasteiger charge is -2.10. The number of amides is 2. The molecule has 1 saturated carbocycles. The third-order valence-corrected chi connectivity index (χ3v) is 6.78. The van der Waals surface area contributed by atoms with Gasteiger partial charge in [0, 0.05) is 17.3 Å². The van der Waals surface area contributed by atoms with Crippen molar-refractivity contribution >= 4 is 69.6 Å². The third kappa shape index (κ3) is 4.94. The van der Waals surface area contributed by atoms with E-state index in [4.69, 9.17) is 46.4 Å². The summed E-state index contributed by atoms with van der Waals surface area (Å²) in [6, 6.07) is 13.6. The normalized spacial score (nSPS) is 18.5. The van der Waals surface area contributed by atoms with Crippen LogP contribution in [0.2, 0.25) is 10.0 Å². The SMILES string of the molecule is O=C(Nc1ccc(F)cc1)c1cc(NC(=O)[C@@H]2[C@@H](c3ccc(F)c(Cl)c3)C2(Cl)Cl)ccc1Cl. The van der Waals surface area contributed by atoms with Crippen molar-refractivity contribution in [2.24, 2.45) is 5.92 Å². The summed E-state index contributed by atoms with van der Waals surface area (Å²) in [5, 5.41) is 5.34. The second kappa shape index (κ2) is 9.11. The Morgan fingerprint density at radius 1 is 0.818 bits per heavy atom. The van der Waals surface area contributed by atoms with Crippen LogP contribution in [0.1, 0.15) is 21.8 Å². The van der Waals surface area contributed by atoms with Crippen molar-refractivity contribution in [3.05, 3.63) is 93.5 Å². The van der Waals surface area contributed by atoms with Gasteiger partial charge in [-0.3, -0.25) is 9.59 Å². The molecule has 0 unspecified atom stereocenters. The van der Waals surface area contributed by atoms with Crippen molar-refractivity contribution in [1.29, 1.82) is 0 Å². The number of halogens is 6. The lowest BCUT2D eigenvalue weighted by atomic mass is 10.1. The Morgan fingerprint density at radius 3 is 2.15 bits per heavy atom. The fourth-order valence-corrected chi connectivity index (χ4v) is 4.72. The summed E-state index contributed by atoms with van der Waals surface area (Å²) in [4.78, 5) is 25.5. The maximum atomic E-state index is 13.5. The van der Waals surface area contributed by atoms with E-state index in [1.807, 2.05) is 0 Å². The molecule has 0 aromatic heterocycles. The molecule has 33 heavy (non-hydrogen) atoms. The van der Waals surface area contributed by atoms with Gasteiger partial charge in [0.25, 0.3) is 5.91 Å². The predicted molar refractivity (Wildman–Crippen MR) is 127 cm³/mol. The molecular weight excluding hydrogens is 516 g/mol. The van der Waals surface area contributed by atoms with Gasteiger partial charge in [-0.15, -0.1) is 23.2 Å². The third-order valence-electron chi connectivity index (χ3n) is 5.22. The average Bonchev–Trinajstić information content (AvgIpc) is 3.35. The van der Waals surface area contributed by atoms with Crippen LogP contribution in [0, 0.1) is 17.6 Å². The van der Waals surface area contributed by atoms with Crippen LogP contribution in [-0.2, 0) is 4.79 Å². The number of alkyl halides is 2. The van der Waals surface area contributed by atoms with Crippen molar-refractivity contribution in [1.82, 2.24) is 0 Å². The fraction of sp³-hybridized carbons (Fsp3) is 0.130. The zero-order valence-electron chi connectivity index (χ0n) is 16.5. The Hall–Kier alpha value is -2.38. The second-order valence-electron chi connectivity index (χ2n) is 7.45. The number of benzene rings is 3. The minimum atomic E-state index is -1.40. The predicted octanol–water partition coefficient (Wildman–Crippen LogP) is 7.05. The van der Waals surface area contributed by atoms with E-state index in [0.29, 0.717) is 16.9 Å². The molecule has 4 nitrogen and oxygen atoms in total. The highest BCUT2D eigenvalue weighted by molar-refractivity contribution is 6.53. The molecule has 0 radical (unpaired) electrons. The zero-order chi connectivity index (χ0) is 23.9. The van der Waals surface area contributed by atoms with Gasteiger partial charge in [-0.05, 0) is 60.2 Å². The van der Waals surface area contributed by atoms with Crippen LogP contribution in [0.3, 0.4) is 0 Å². The zero-order valence-corrected chi connectivity index (χ0v) is 19.5. The maximum absolute atomic E-state index is 13.5. The van der Waals surface area contributed by atoms with Gasteiger partial charge in [-0.2, -0.15) is 0 Å². The molecule has 170 valence electrons. The van der Waals surface area contributed by atoms with Gasteiger partial charge in [0.15, 0.2) is 0 Å². The summed E-state index contributed by atoms with van der Waals surface area (Å²) in [5.41, 5.74) is 1.29. The molecule has 0 heterocycles. The molecule has 10 heteroatoms. The standard InChI is InChI=1S/C23H14Cl4F2N2O2/c24-16-7-6-14(10-15(16)21(32)30-13-4-2-12(28)3-5-13)31-22(33)20-19(23(20,26)27)11-1-8-18(29)17(25)9-11/h1-10,19-20H,(H,30,32)(H,31,33)/t19-,20+/m1/s1. The van der Waals surface area contributed by atoms with Gasteiger partial charge in [-0.25, -0.2) is 8.78 Å². The lowest BCUT2D eigenvalue weighted by molar-refractivity contribution is -0.117. The van der Waals surface area contributed by atoms with Crippen molar-refractivity contribution in [2.45, 2.75) is 10.3 Å². The molecule has 0 bridgehead atoms. The van der Waals surface area contributed by atoms with Crippen LogP contribution in [0.5, 0.6) is 0 Å². The van der Waals surface area contributed by atoms with Gasteiger partial charge < -0.3 is 10.6 Å². The molecule has 0 spiro atoms. The number of hydrogen-bond acceptors (Lipinski definition) is 2. The summed E-state index contributed by atoms with van der Waals surface area (Å²) >= 11 is 24.6. The van der Waals surface area contributed by atoms with Gasteiger partial charge >= 0.3 is 0 Å². The van der Waals surface area contributed by atoms with Gasteiger partial charge in [0.2, 0.25) is 5.91 Å². The van der Waals surface area contributed by atoms with Crippen LogP contribution >= 0.6 is 46.4 Å². The first-order chi connectivity index (χ1) is 15.6. The van der Waals surface area contributed by atoms with E-state index in [2.05, 4.69) is 10.6 Å². The minimum absolute atomic E-state index is 0.0967. The van der Waals surface area contributed by atoms with Gasteiger partial charge in [0.05, 0.1) is 21.5 Å². The number of anilines is 2. The molecule has 0 aliphatic heterocycles. The summed E-state index contributed by atoms with van der Waals surface area (Å²) in [6.45, 7) is 0. The highest BCUT2D eigenvalue weighted by Crippen LogP contribution is 2.65. The van der Waals surface area contributed by atoms with Crippen molar-refractivity contribution in [2.75, 3.05) is 10.6 Å². The molecule has 1 fully saturated rings. The smallest absolute Gasteiger partial charge is 0.257 e. The molecule has 3 aromatic carbocycles. The molecule has 4 rings (SSSR count). The topological polar surface area (TPSA) is 58.2 Å². The summed E-state index contributed by atoms with van der Waals surface area (Å²) in [5.74, 6) is -3.48. The van der Waals surface area contributed by atoms with E-state index in [9.17, 15) is 18.4 Å². The highest BCUT2D eigenvalue weighted by Gasteiger charge is 2.67. The molecular formula is C23H14Cl4F2N2O2. The Morgan fingerprint density at radius 2 is 1.48 bits per heavy atom. The van der Waals surface area contributed by atoms with Crippen LogP contribution < -0.4 is 10.6 Å². The lowest BCUT2D eigenvalue weighted by Crippen LogP contribution is -2.18. The number of carbonyl (C=O) groups excluding carboxylic acids is 2. The fourth-order valence-electron chi connectivity index (χ4n) is 3.50. The van der Waals surface area contributed by atoms with E-state index in [1.54, 1.807) is 0 Å². The molecule has 1 aliphatic rings. The molecule has 2 amide bonds. The minimum Gasteiger partial charge on any atom is -0.326 e. The van der Waals surface area contributed by atoms with E-state index >= 15 is 0 Å². The summed E-state index contributed by atoms with van der Waals surface area (Å²) in [6.07, 6.45) is 0. The van der Waals surface area contributed by atoms with Crippen LogP contribution in [-0.4, -0.2) is 16.1 Å². The monoisotopic (exact) mass is 528 g/mol. The Balaban J connectivity index is 1.50. The second-order valence-corrected chi connectivity index (χ2v) is 9.71. The van der Waals surface area contributed by atoms with E-state index < -0.39 is 39.6 Å². The number of carbonyl (C=O) groups is 2. The van der Waals surface area contributed by atoms with Crippen LogP contribution in [0.25, 0.3) is 0 Å². The average molecular weight is 530 g/mol. The molecule has 2 atom stereocenters. The Kier molecular flexibility index (Phi) is 6.56. The van der Waals surface area contributed by atoms with Gasteiger partial charge in [-0.1, -0.05) is 29.3 Å². The molecule has 0 saturated heterocycles. The van der Waals surface area contributed by atoms with Crippen LogP contribution in [0.4, 0.5) is 20.2 Å². The van der Waals surface area contributed by atoms with Crippen molar-refractivity contribution in [3.63, 3.8) is 0 Å². The first-order valence-corrected chi connectivity index (χ1v) is 11.1. The number of nitrogens with one attached hydrogen (secondary N) is 2. The Labute approximate surface area is 207 Å². The molecule has 2 N–H and O–H groups in total. The van der Waals surface area contributed by atoms with Gasteiger partial charge in [0.1, 0.15) is 16.0 Å². The Bertz CT molecular complexity index is 1250. The van der Waals surface area contributed by atoms with E-state index in [-0.39, 0.29) is 15.6 Å². The van der Waals surface area contributed by atoms with E-state index in [0.717, 1.165) is 0 Å². The van der Waals surface area contributed by atoms with Crippen LogP contribution in [0.15, 0.2) is 60.7 Å². The summed E-state index contributed by atoms with van der Waals surface area (Å²) < 4.78 is 25.1. The highest BCUT2D eigenvalue weighted by atomic mass is 35.5. The molecule has 3 aromatic rings. The number of rotatable bonds is 5. The summed E-state index contributed by atoms with van der Waals surface area (Å²) in [7, 11) is 0. The molecule has 1 aliphatic carbocycles. The van der Waals surface area contributed by atoms with Crippen molar-refractivity contribution in [3.8, 4) is 0 Å².